The van der Waals surface area contributed by atoms with E-state index in [2.05, 4.69) is 0 Å². The van der Waals surface area contributed by atoms with Gasteiger partial charge in [-0.2, -0.15) is 0 Å². The quantitative estimate of drug-likeness (QED) is 0.750. The summed E-state index contributed by atoms with van der Waals surface area (Å²) in [6.07, 6.45) is 0.778. The molecule has 1 rings (SSSR count). The molecule has 1 aromatic carbocycles. The number of ether oxygens (including phenoxy) is 2. The Kier molecular flexibility index (Phi) is 5.24. The van der Waals surface area contributed by atoms with Gasteiger partial charge in [0.05, 0.1) is 11.0 Å². The van der Waals surface area contributed by atoms with E-state index in [0.717, 1.165) is 6.42 Å². The van der Waals surface area contributed by atoms with Gasteiger partial charge in [0.1, 0.15) is 5.75 Å². The number of hydrogen-bond acceptors (Lipinski definition) is 4. The number of methoxy groups -OCH3 is 1. The molecule has 0 N–H and O–H groups in total. The summed E-state index contributed by atoms with van der Waals surface area (Å²) in [5.74, 6) is 0.609. The maximum atomic E-state index is 11.0. The second-order valence-electron chi connectivity index (χ2n) is 3.62. The first-order valence-corrected chi connectivity index (χ1v) is 7.44. The first kappa shape index (κ1) is 14.3. The maximum Gasteiger partial charge on any atom is 0.261 e. The van der Waals surface area contributed by atoms with Crippen LogP contribution in [0, 0.1) is 0 Å². The molecule has 1 aromatic rings. The lowest BCUT2D eigenvalue weighted by molar-refractivity contribution is 0.135. The van der Waals surface area contributed by atoms with E-state index in [1.807, 2.05) is 6.92 Å². The van der Waals surface area contributed by atoms with Gasteiger partial charge >= 0.3 is 0 Å². The van der Waals surface area contributed by atoms with Gasteiger partial charge in [-0.1, -0.05) is 0 Å². The first-order valence-electron chi connectivity index (χ1n) is 5.14. The topological polar surface area (TPSA) is 52.6 Å². The molecule has 0 aliphatic heterocycles. The van der Waals surface area contributed by atoms with Crippen LogP contribution in [-0.2, 0) is 13.8 Å². The molecular weight excluding hydrogens is 264 g/mol. The number of hydrogen-bond donors (Lipinski definition) is 0. The lowest BCUT2D eigenvalue weighted by atomic mass is 10.3. The zero-order chi connectivity index (χ0) is 12.9. The molecule has 4 nitrogen and oxygen atoms in total. The number of benzene rings is 1. The Balaban J connectivity index is 2.63. The van der Waals surface area contributed by atoms with E-state index in [1.165, 1.54) is 12.1 Å². The third kappa shape index (κ3) is 4.93. The lowest BCUT2D eigenvalue weighted by Gasteiger charge is -2.14. The van der Waals surface area contributed by atoms with Crippen molar-refractivity contribution in [1.82, 2.24) is 0 Å². The smallest absolute Gasteiger partial charge is 0.261 e. The van der Waals surface area contributed by atoms with Crippen molar-refractivity contribution in [1.29, 1.82) is 0 Å². The third-order valence-electron chi connectivity index (χ3n) is 2.17. The van der Waals surface area contributed by atoms with E-state index in [4.69, 9.17) is 20.2 Å². The molecule has 96 valence electrons. The molecule has 0 amide bonds. The van der Waals surface area contributed by atoms with Gasteiger partial charge in [0.2, 0.25) is 0 Å². The average Bonchev–Trinajstić information content (AvgIpc) is 2.26. The fraction of sp³-hybridized carbons (Fsp3) is 0.455. The Morgan fingerprint density at radius 2 is 1.88 bits per heavy atom. The van der Waals surface area contributed by atoms with Crippen molar-refractivity contribution < 1.29 is 17.9 Å². The number of rotatable bonds is 6. The standard InChI is InChI=1S/C11H15ClO4S/c1-9(7-8-15-2)16-10-3-5-11(6-4-10)17(12,13)14/h3-6,9H,7-8H2,1-2H3. The van der Waals surface area contributed by atoms with E-state index in [9.17, 15) is 8.42 Å². The van der Waals surface area contributed by atoms with Crippen molar-refractivity contribution in [3.05, 3.63) is 24.3 Å². The summed E-state index contributed by atoms with van der Waals surface area (Å²) in [5, 5.41) is 0. The summed E-state index contributed by atoms with van der Waals surface area (Å²) in [5.41, 5.74) is 0. The molecular formula is C11H15ClO4S. The minimum Gasteiger partial charge on any atom is -0.491 e. The summed E-state index contributed by atoms with van der Waals surface area (Å²) in [4.78, 5) is 0.0658. The van der Waals surface area contributed by atoms with Crippen LogP contribution >= 0.6 is 10.7 Å². The van der Waals surface area contributed by atoms with E-state index in [0.29, 0.717) is 12.4 Å². The highest BCUT2D eigenvalue weighted by Crippen LogP contribution is 2.20. The third-order valence-corrected chi connectivity index (χ3v) is 3.54. The number of halogens is 1. The molecule has 6 heteroatoms. The highest BCUT2D eigenvalue weighted by molar-refractivity contribution is 8.13. The normalized spacial score (nSPS) is 13.4. The Labute approximate surface area is 106 Å². The molecule has 0 saturated heterocycles. The van der Waals surface area contributed by atoms with Gasteiger partial charge in [0.15, 0.2) is 0 Å². The van der Waals surface area contributed by atoms with Crippen LogP contribution in [0.25, 0.3) is 0 Å². The molecule has 0 radical (unpaired) electrons. The largest absolute Gasteiger partial charge is 0.491 e. The fourth-order valence-corrected chi connectivity index (χ4v) is 2.03. The van der Waals surface area contributed by atoms with E-state index >= 15 is 0 Å². The predicted octanol–water partition coefficient (Wildman–Crippen LogP) is 2.42. The van der Waals surface area contributed by atoms with Crippen LogP contribution in [0.2, 0.25) is 0 Å². The van der Waals surface area contributed by atoms with Gasteiger partial charge in [0, 0.05) is 30.8 Å². The Bertz CT molecular complexity index is 441. The fourth-order valence-electron chi connectivity index (χ4n) is 1.26. The Morgan fingerprint density at radius 3 is 2.35 bits per heavy atom. The Hall–Kier alpha value is -0.780. The zero-order valence-corrected chi connectivity index (χ0v) is 11.3. The van der Waals surface area contributed by atoms with Crippen molar-refractivity contribution in [3.8, 4) is 5.75 Å². The van der Waals surface area contributed by atoms with Crippen LogP contribution in [0.15, 0.2) is 29.2 Å². The second-order valence-corrected chi connectivity index (χ2v) is 6.19. The van der Waals surface area contributed by atoms with Gasteiger partial charge in [-0.15, -0.1) is 0 Å². The summed E-state index contributed by atoms with van der Waals surface area (Å²) in [6.45, 7) is 2.54. The van der Waals surface area contributed by atoms with E-state index < -0.39 is 9.05 Å². The summed E-state index contributed by atoms with van der Waals surface area (Å²) < 4.78 is 32.5. The highest BCUT2D eigenvalue weighted by Gasteiger charge is 2.10. The monoisotopic (exact) mass is 278 g/mol. The van der Waals surface area contributed by atoms with E-state index in [-0.39, 0.29) is 11.0 Å². The predicted molar refractivity (Wildman–Crippen MR) is 66.1 cm³/mol. The average molecular weight is 279 g/mol. The molecule has 0 bridgehead atoms. The van der Waals surface area contributed by atoms with Crippen LogP contribution in [0.5, 0.6) is 5.75 Å². The van der Waals surface area contributed by atoms with Gasteiger partial charge in [-0.05, 0) is 31.2 Å². The minimum atomic E-state index is -3.67. The zero-order valence-electron chi connectivity index (χ0n) is 9.72. The van der Waals surface area contributed by atoms with Crippen LogP contribution in [0.4, 0.5) is 0 Å². The van der Waals surface area contributed by atoms with Crippen LogP contribution < -0.4 is 4.74 Å². The molecule has 0 aliphatic rings. The van der Waals surface area contributed by atoms with Crippen molar-refractivity contribution in [2.75, 3.05) is 13.7 Å². The summed E-state index contributed by atoms with van der Waals surface area (Å²) in [6, 6.07) is 6.00. The first-order chi connectivity index (χ1) is 7.93. The lowest BCUT2D eigenvalue weighted by Crippen LogP contribution is -2.14. The van der Waals surface area contributed by atoms with Crippen molar-refractivity contribution in [3.63, 3.8) is 0 Å². The molecule has 0 heterocycles. The highest BCUT2D eigenvalue weighted by atomic mass is 35.7. The minimum absolute atomic E-state index is 0.00779. The molecule has 1 unspecified atom stereocenters. The second kappa shape index (κ2) is 6.23. The van der Waals surface area contributed by atoms with Crippen molar-refractivity contribution in [2.45, 2.75) is 24.3 Å². The molecule has 1 atom stereocenters. The molecule has 0 aromatic heterocycles. The van der Waals surface area contributed by atoms with Gasteiger partial charge in [-0.25, -0.2) is 8.42 Å². The molecule has 0 fully saturated rings. The van der Waals surface area contributed by atoms with Crippen LogP contribution in [0.3, 0.4) is 0 Å². The maximum absolute atomic E-state index is 11.0. The molecule has 0 aliphatic carbocycles. The van der Waals surface area contributed by atoms with Crippen LogP contribution in [0.1, 0.15) is 13.3 Å². The SMILES string of the molecule is COCCC(C)Oc1ccc(S(=O)(=O)Cl)cc1. The Morgan fingerprint density at radius 1 is 1.29 bits per heavy atom. The molecule has 0 spiro atoms. The summed E-state index contributed by atoms with van der Waals surface area (Å²) in [7, 11) is 3.17. The molecule has 17 heavy (non-hydrogen) atoms. The van der Waals surface area contributed by atoms with Gasteiger partial charge in [-0.3, -0.25) is 0 Å². The van der Waals surface area contributed by atoms with Crippen LogP contribution in [-0.4, -0.2) is 28.2 Å². The van der Waals surface area contributed by atoms with Crippen molar-refractivity contribution in [2.24, 2.45) is 0 Å². The summed E-state index contributed by atoms with van der Waals surface area (Å²) >= 11 is 0. The van der Waals surface area contributed by atoms with Gasteiger partial charge in [0.25, 0.3) is 9.05 Å². The van der Waals surface area contributed by atoms with Gasteiger partial charge < -0.3 is 9.47 Å². The molecule has 0 saturated carbocycles. The van der Waals surface area contributed by atoms with Crippen molar-refractivity contribution >= 4 is 19.7 Å². The van der Waals surface area contributed by atoms with E-state index in [1.54, 1.807) is 19.2 Å².